The lowest BCUT2D eigenvalue weighted by molar-refractivity contribution is -0.126. The molecule has 146 valence electrons. The Morgan fingerprint density at radius 1 is 1.29 bits per heavy atom. The molecule has 0 bridgehead atoms. The van der Waals surface area contributed by atoms with Crippen molar-refractivity contribution in [2.45, 2.75) is 38.3 Å². The Kier molecular flexibility index (Phi) is 5.69. The van der Waals surface area contributed by atoms with Gasteiger partial charge in [-0.1, -0.05) is 24.3 Å². The minimum absolute atomic E-state index is 0.0372. The van der Waals surface area contributed by atoms with Crippen molar-refractivity contribution in [3.8, 4) is 0 Å². The first-order valence-electron chi connectivity index (χ1n) is 9.75. The Morgan fingerprint density at radius 2 is 2.07 bits per heavy atom. The highest BCUT2D eigenvalue weighted by Gasteiger charge is 2.34. The average molecular weight is 398 g/mol. The normalized spacial score (nSPS) is 18.4. The van der Waals surface area contributed by atoms with Crippen LogP contribution in [0.2, 0.25) is 0 Å². The Labute approximate surface area is 168 Å². The first-order valence-corrected chi connectivity index (χ1v) is 10.6. The third-order valence-corrected chi connectivity index (χ3v) is 6.53. The van der Waals surface area contributed by atoms with E-state index in [0.717, 1.165) is 35.5 Å². The molecular formula is C22H24FN3OS. The van der Waals surface area contributed by atoms with Gasteiger partial charge in [-0.05, 0) is 62.6 Å². The predicted octanol–water partition coefficient (Wildman–Crippen LogP) is 4.32. The number of rotatable bonds is 6. The maximum atomic E-state index is 13.0. The molecule has 1 aliphatic heterocycles. The Bertz CT molecular complexity index is 923. The second-order valence-electron chi connectivity index (χ2n) is 7.26. The van der Waals surface area contributed by atoms with Crippen LogP contribution in [0.4, 0.5) is 4.39 Å². The molecule has 28 heavy (non-hydrogen) atoms. The Balaban J connectivity index is 1.37. The molecule has 4 nitrogen and oxygen atoms in total. The number of carbonyl (C=O) groups is 1. The van der Waals surface area contributed by atoms with E-state index < -0.39 is 0 Å². The smallest absolute Gasteiger partial charge is 0.237 e. The summed E-state index contributed by atoms with van der Waals surface area (Å²) >= 11 is 1.73. The molecular weight excluding hydrogens is 373 g/mol. The number of benzene rings is 2. The van der Waals surface area contributed by atoms with Crippen molar-refractivity contribution >= 4 is 27.5 Å². The fourth-order valence-electron chi connectivity index (χ4n) is 3.83. The zero-order valence-corrected chi connectivity index (χ0v) is 16.7. The number of fused-ring (bicyclic) bond motifs is 1. The van der Waals surface area contributed by atoms with E-state index in [4.69, 9.17) is 4.98 Å². The monoisotopic (exact) mass is 397 g/mol. The van der Waals surface area contributed by atoms with Crippen LogP contribution in [0, 0.1) is 5.82 Å². The van der Waals surface area contributed by atoms with Gasteiger partial charge in [0.25, 0.3) is 0 Å². The van der Waals surface area contributed by atoms with E-state index in [0.29, 0.717) is 13.0 Å². The highest BCUT2D eigenvalue weighted by Crippen LogP contribution is 2.37. The van der Waals surface area contributed by atoms with E-state index in [9.17, 15) is 9.18 Å². The standard InChI is InChI=1S/C22H24FN3OS/c1-15(21(27)24-13-12-16-8-10-17(23)11-9-16)26-14-4-6-19(26)22-25-18-5-2-3-7-20(18)28-22/h2-3,5,7-11,15,19H,4,6,12-14H2,1H3,(H,24,27). The number of aromatic nitrogens is 1. The minimum atomic E-state index is -0.240. The van der Waals surface area contributed by atoms with E-state index in [2.05, 4.69) is 16.3 Å². The number of likely N-dealkylation sites (tertiary alicyclic amines) is 1. The molecule has 4 rings (SSSR count). The number of carbonyl (C=O) groups excluding carboxylic acids is 1. The molecule has 6 heteroatoms. The number of hydrogen-bond donors (Lipinski definition) is 1. The van der Waals surface area contributed by atoms with Crippen molar-refractivity contribution < 1.29 is 9.18 Å². The summed E-state index contributed by atoms with van der Waals surface area (Å²) in [7, 11) is 0. The molecule has 1 saturated heterocycles. The molecule has 0 radical (unpaired) electrons. The zero-order valence-electron chi connectivity index (χ0n) is 15.9. The largest absolute Gasteiger partial charge is 0.354 e. The average Bonchev–Trinajstić information content (AvgIpc) is 3.35. The summed E-state index contributed by atoms with van der Waals surface area (Å²) < 4.78 is 14.2. The maximum Gasteiger partial charge on any atom is 0.237 e. The number of thiazole rings is 1. The second-order valence-corrected chi connectivity index (χ2v) is 8.32. The quantitative estimate of drug-likeness (QED) is 0.674. The van der Waals surface area contributed by atoms with Gasteiger partial charge >= 0.3 is 0 Å². The van der Waals surface area contributed by atoms with E-state index in [1.807, 2.05) is 25.1 Å². The molecule has 2 heterocycles. The van der Waals surface area contributed by atoms with Crippen molar-refractivity contribution in [2.75, 3.05) is 13.1 Å². The van der Waals surface area contributed by atoms with Crippen LogP contribution in [0.1, 0.15) is 36.4 Å². The van der Waals surface area contributed by atoms with Crippen LogP contribution in [-0.2, 0) is 11.2 Å². The van der Waals surface area contributed by atoms with Gasteiger partial charge in [0.2, 0.25) is 5.91 Å². The highest BCUT2D eigenvalue weighted by molar-refractivity contribution is 7.18. The van der Waals surface area contributed by atoms with Gasteiger partial charge in [-0.2, -0.15) is 0 Å². The van der Waals surface area contributed by atoms with Crippen LogP contribution < -0.4 is 5.32 Å². The predicted molar refractivity (Wildman–Crippen MR) is 111 cm³/mol. The van der Waals surface area contributed by atoms with E-state index >= 15 is 0 Å². The summed E-state index contributed by atoms with van der Waals surface area (Å²) in [6, 6.07) is 14.6. The number of nitrogens with one attached hydrogen (secondary N) is 1. The maximum absolute atomic E-state index is 13.0. The molecule has 0 spiro atoms. The van der Waals surface area contributed by atoms with E-state index in [1.54, 1.807) is 23.5 Å². The van der Waals surface area contributed by atoms with Gasteiger partial charge in [-0.15, -0.1) is 11.3 Å². The lowest BCUT2D eigenvalue weighted by Gasteiger charge is -2.28. The van der Waals surface area contributed by atoms with Gasteiger partial charge < -0.3 is 5.32 Å². The van der Waals surface area contributed by atoms with E-state index in [-0.39, 0.29) is 23.8 Å². The first-order chi connectivity index (χ1) is 13.6. The molecule has 2 unspecified atom stereocenters. The highest BCUT2D eigenvalue weighted by atomic mass is 32.1. The summed E-state index contributed by atoms with van der Waals surface area (Å²) in [4.78, 5) is 19.8. The van der Waals surface area contributed by atoms with Crippen LogP contribution >= 0.6 is 11.3 Å². The number of nitrogens with zero attached hydrogens (tertiary/aromatic N) is 2. The van der Waals surface area contributed by atoms with Crippen LogP contribution in [0.3, 0.4) is 0 Å². The molecule has 1 amide bonds. The number of para-hydroxylation sites is 1. The third kappa shape index (κ3) is 4.08. The SMILES string of the molecule is CC(C(=O)NCCc1ccc(F)cc1)N1CCCC1c1nc2ccccc2s1. The third-order valence-electron chi connectivity index (χ3n) is 5.39. The number of hydrogen-bond acceptors (Lipinski definition) is 4. The molecule has 0 aliphatic carbocycles. The van der Waals surface area contributed by atoms with Gasteiger partial charge in [0.1, 0.15) is 10.8 Å². The van der Waals surface area contributed by atoms with Gasteiger partial charge in [0.05, 0.1) is 22.3 Å². The van der Waals surface area contributed by atoms with Crippen molar-refractivity contribution in [1.82, 2.24) is 15.2 Å². The van der Waals surface area contributed by atoms with Crippen LogP contribution in [-0.4, -0.2) is 34.9 Å². The molecule has 2 aromatic carbocycles. The first kappa shape index (κ1) is 19.0. The van der Waals surface area contributed by atoms with Crippen molar-refractivity contribution in [1.29, 1.82) is 0 Å². The Morgan fingerprint density at radius 3 is 2.86 bits per heavy atom. The topological polar surface area (TPSA) is 45.2 Å². The molecule has 0 saturated carbocycles. The minimum Gasteiger partial charge on any atom is -0.354 e. The zero-order chi connectivity index (χ0) is 19.5. The number of amides is 1. The summed E-state index contributed by atoms with van der Waals surface area (Å²) in [6.07, 6.45) is 2.81. The Hall–Kier alpha value is -2.31. The fourth-order valence-corrected chi connectivity index (χ4v) is 4.95. The number of halogens is 1. The van der Waals surface area contributed by atoms with Crippen molar-refractivity contribution in [3.63, 3.8) is 0 Å². The van der Waals surface area contributed by atoms with Gasteiger partial charge in [-0.3, -0.25) is 9.69 Å². The van der Waals surface area contributed by atoms with Crippen LogP contribution in [0.5, 0.6) is 0 Å². The molecule has 1 fully saturated rings. The van der Waals surface area contributed by atoms with Gasteiger partial charge in [0.15, 0.2) is 0 Å². The van der Waals surface area contributed by atoms with Crippen molar-refractivity contribution in [3.05, 3.63) is 64.9 Å². The summed E-state index contributed by atoms with van der Waals surface area (Å²) in [5.41, 5.74) is 2.05. The second kappa shape index (κ2) is 8.37. The van der Waals surface area contributed by atoms with Crippen LogP contribution in [0.15, 0.2) is 48.5 Å². The fraction of sp³-hybridized carbons (Fsp3) is 0.364. The van der Waals surface area contributed by atoms with Gasteiger partial charge in [0, 0.05) is 6.54 Å². The molecule has 1 aliphatic rings. The lowest BCUT2D eigenvalue weighted by atomic mass is 10.1. The summed E-state index contributed by atoms with van der Waals surface area (Å²) in [6.45, 7) is 3.43. The molecule has 3 aromatic rings. The van der Waals surface area contributed by atoms with Crippen molar-refractivity contribution in [2.24, 2.45) is 0 Å². The summed E-state index contributed by atoms with van der Waals surface area (Å²) in [5, 5.41) is 4.13. The van der Waals surface area contributed by atoms with E-state index in [1.165, 1.54) is 16.8 Å². The van der Waals surface area contributed by atoms with Crippen LogP contribution in [0.25, 0.3) is 10.2 Å². The summed E-state index contributed by atoms with van der Waals surface area (Å²) in [5.74, 6) is -0.202. The van der Waals surface area contributed by atoms with Gasteiger partial charge in [-0.25, -0.2) is 9.37 Å². The lowest BCUT2D eigenvalue weighted by Crippen LogP contribution is -2.45. The molecule has 1 N–H and O–H groups in total. The molecule has 2 atom stereocenters. The molecule has 1 aromatic heterocycles.